The van der Waals surface area contributed by atoms with Gasteiger partial charge >= 0.3 is 0 Å². The number of likely N-dealkylation sites (tertiary alicyclic amines) is 1. The standard InChI is InChI=1S/C15H23N3O2S/c1-15(7-4-8-16-15)14(20)17-12-6-5-11(21-12)13(19)18-9-2-3-10-18/h5-6,13,16,19H,2-4,7-10H2,1H3,(H,17,20)/t13?,15-/m0/s1. The van der Waals surface area contributed by atoms with Crippen molar-refractivity contribution in [3.63, 3.8) is 0 Å². The number of thiophene rings is 1. The summed E-state index contributed by atoms with van der Waals surface area (Å²) >= 11 is 1.46. The van der Waals surface area contributed by atoms with Crippen LogP contribution in [0.3, 0.4) is 0 Å². The highest BCUT2D eigenvalue weighted by atomic mass is 32.1. The van der Waals surface area contributed by atoms with Gasteiger partial charge in [-0.2, -0.15) is 0 Å². The lowest BCUT2D eigenvalue weighted by Crippen LogP contribution is -2.47. The minimum Gasteiger partial charge on any atom is -0.373 e. The van der Waals surface area contributed by atoms with Crippen molar-refractivity contribution in [3.05, 3.63) is 17.0 Å². The van der Waals surface area contributed by atoms with Crippen LogP contribution in [0.4, 0.5) is 5.00 Å². The lowest BCUT2D eigenvalue weighted by atomic mass is 9.99. The molecule has 1 aromatic heterocycles. The summed E-state index contributed by atoms with van der Waals surface area (Å²) < 4.78 is 0. The molecule has 1 amide bonds. The van der Waals surface area contributed by atoms with E-state index >= 15 is 0 Å². The van der Waals surface area contributed by atoms with Crippen LogP contribution in [0.5, 0.6) is 0 Å². The molecule has 1 unspecified atom stereocenters. The van der Waals surface area contributed by atoms with E-state index in [0.29, 0.717) is 0 Å². The highest BCUT2D eigenvalue weighted by Crippen LogP contribution is 2.32. The number of anilines is 1. The SMILES string of the molecule is C[C@@]1(C(=O)Nc2ccc(C(O)N3CCCC3)s2)CCCN1. The predicted molar refractivity (Wildman–Crippen MR) is 84.4 cm³/mol. The summed E-state index contributed by atoms with van der Waals surface area (Å²) in [4.78, 5) is 15.3. The van der Waals surface area contributed by atoms with E-state index in [1.54, 1.807) is 0 Å². The molecule has 2 aliphatic heterocycles. The minimum atomic E-state index is -0.539. The second-order valence-corrected chi connectivity index (χ2v) is 7.25. The van der Waals surface area contributed by atoms with Crippen LogP contribution in [0, 0.1) is 0 Å². The van der Waals surface area contributed by atoms with Crippen molar-refractivity contribution in [1.29, 1.82) is 0 Å². The zero-order valence-electron chi connectivity index (χ0n) is 12.4. The summed E-state index contributed by atoms with van der Waals surface area (Å²) in [5.41, 5.74) is -0.461. The Morgan fingerprint density at radius 2 is 2.19 bits per heavy atom. The molecule has 3 heterocycles. The number of carbonyl (C=O) groups excluding carboxylic acids is 1. The fourth-order valence-electron chi connectivity index (χ4n) is 3.06. The fraction of sp³-hybridized carbons (Fsp3) is 0.667. The molecule has 0 aromatic carbocycles. The van der Waals surface area contributed by atoms with Gasteiger partial charge in [0.2, 0.25) is 5.91 Å². The van der Waals surface area contributed by atoms with Gasteiger partial charge in [0.15, 0.2) is 0 Å². The Morgan fingerprint density at radius 1 is 1.43 bits per heavy atom. The van der Waals surface area contributed by atoms with Crippen molar-refractivity contribution >= 4 is 22.2 Å². The first-order valence-electron chi connectivity index (χ1n) is 7.67. The van der Waals surface area contributed by atoms with Crippen molar-refractivity contribution in [2.45, 2.75) is 44.4 Å². The monoisotopic (exact) mass is 309 g/mol. The van der Waals surface area contributed by atoms with Crippen LogP contribution in [-0.2, 0) is 4.79 Å². The zero-order valence-corrected chi connectivity index (χ0v) is 13.2. The zero-order chi connectivity index (χ0) is 14.9. The molecular formula is C15H23N3O2S. The fourth-order valence-corrected chi connectivity index (χ4v) is 3.99. The van der Waals surface area contributed by atoms with Crippen molar-refractivity contribution < 1.29 is 9.90 Å². The van der Waals surface area contributed by atoms with E-state index in [0.717, 1.165) is 55.2 Å². The molecule has 0 aliphatic carbocycles. The summed E-state index contributed by atoms with van der Waals surface area (Å²) in [5, 5.41) is 17.4. The maximum absolute atomic E-state index is 12.3. The molecule has 2 atom stereocenters. The third-order valence-electron chi connectivity index (χ3n) is 4.47. The molecule has 2 fully saturated rings. The van der Waals surface area contributed by atoms with Gasteiger partial charge in [-0.15, -0.1) is 11.3 Å². The second kappa shape index (κ2) is 6.04. The van der Waals surface area contributed by atoms with Crippen molar-refractivity contribution in [1.82, 2.24) is 10.2 Å². The molecule has 0 spiro atoms. The molecule has 3 rings (SSSR count). The average molecular weight is 309 g/mol. The molecule has 21 heavy (non-hydrogen) atoms. The Hall–Kier alpha value is -0.950. The first-order valence-corrected chi connectivity index (χ1v) is 8.48. The number of aliphatic hydroxyl groups is 1. The van der Waals surface area contributed by atoms with E-state index in [4.69, 9.17) is 0 Å². The second-order valence-electron chi connectivity index (χ2n) is 6.14. The van der Waals surface area contributed by atoms with Crippen LogP contribution in [0.2, 0.25) is 0 Å². The Kier molecular flexibility index (Phi) is 4.31. The van der Waals surface area contributed by atoms with E-state index in [2.05, 4.69) is 15.5 Å². The molecule has 0 bridgehead atoms. The van der Waals surface area contributed by atoms with Crippen LogP contribution in [0.25, 0.3) is 0 Å². The van der Waals surface area contributed by atoms with Gasteiger partial charge in [0.05, 0.1) is 15.4 Å². The summed E-state index contributed by atoms with van der Waals surface area (Å²) in [5.74, 6) is 0.0177. The van der Waals surface area contributed by atoms with Gasteiger partial charge in [0.25, 0.3) is 0 Å². The van der Waals surface area contributed by atoms with Crippen molar-refractivity contribution in [2.75, 3.05) is 25.0 Å². The van der Waals surface area contributed by atoms with Crippen LogP contribution < -0.4 is 10.6 Å². The van der Waals surface area contributed by atoms with E-state index in [9.17, 15) is 9.90 Å². The molecule has 5 nitrogen and oxygen atoms in total. The Balaban J connectivity index is 1.63. The predicted octanol–water partition coefficient (Wildman–Crippen LogP) is 1.92. The smallest absolute Gasteiger partial charge is 0.244 e. The maximum Gasteiger partial charge on any atom is 0.244 e. The summed E-state index contributed by atoms with van der Waals surface area (Å²) in [7, 11) is 0. The highest BCUT2D eigenvalue weighted by Gasteiger charge is 2.36. The summed E-state index contributed by atoms with van der Waals surface area (Å²) in [6, 6.07) is 3.79. The molecule has 3 N–H and O–H groups in total. The van der Waals surface area contributed by atoms with Gasteiger partial charge in [-0.05, 0) is 51.3 Å². The average Bonchev–Trinajstić information content (AvgIpc) is 3.19. The molecular weight excluding hydrogens is 286 g/mol. The molecule has 2 aliphatic rings. The van der Waals surface area contributed by atoms with E-state index in [1.807, 2.05) is 19.1 Å². The Labute approximate surface area is 129 Å². The molecule has 6 heteroatoms. The van der Waals surface area contributed by atoms with E-state index in [-0.39, 0.29) is 5.91 Å². The van der Waals surface area contributed by atoms with Gasteiger partial charge in [-0.25, -0.2) is 0 Å². The number of nitrogens with one attached hydrogen (secondary N) is 2. The molecule has 116 valence electrons. The van der Waals surface area contributed by atoms with Crippen LogP contribution in [-0.4, -0.2) is 41.1 Å². The van der Waals surface area contributed by atoms with Crippen molar-refractivity contribution in [3.8, 4) is 0 Å². The van der Waals surface area contributed by atoms with Crippen LogP contribution in [0.15, 0.2) is 12.1 Å². The quantitative estimate of drug-likeness (QED) is 0.795. The highest BCUT2D eigenvalue weighted by molar-refractivity contribution is 7.16. The van der Waals surface area contributed by atoms with Crippen LogP contribution in [0.1, 0.15) is 43.7 Å². The largest absolute Gasteiger partial charge is 0.373 e. The Morgan fingerprint density at radius 3 is 2.86 bits per heavy atom. The molecule has 2 saturated heterocycles. The van der Waals surface area contributed by atoms with Gasteiger partial charge in [-0.1, -0.05) is 0 Å². The third kappa shape index (κ3) is 3.13. The summed E-state index contributed by atoms with van der Waals surface area (Å²) in [6.45, 7) is 4.74. The molecule has 0 saturated carbocycles. The first-order chi connectivity index (χ1) is 10.1. The number of hydrogen-bond donors (Lipinski definition) is 3. The third-order valence-corrected chi connectivity index (χ3v) is 5.52. The van der Waals surface area contributed by atoms with Gasteiger partial charge in [0, 0.05) is 13.1 Å². The molecule has 1 aromatic rings. The first kappa shape index (κ1) is 15.0. The maximum atomic E-state index is 12.3. The van der Waals surface area contributed by atoms with Crippen molar-refractivity contribution in [2.24, 2.45) is 0 Å². The number of carbonyl (C=O) groups is 1. The number of rotatable bonds is 4. The normalized spacial score (nSPS) is 27.9. The van der Waals surface area contributed by atoms with E-state index < -0.39 is 11.8 Å². The topological polar surface area (TPSA) is 64.6 Å². The molecule has 0 radical (unpaired) electrons. The lowest BCUT2D eigenvalue weighted by molar-refractivity contribution is -0.121. The lowest BCUT2D eigenvalue weighted by Gasteiger charge is -2.22. The van der Waals surface area contributed by atoms with Gasteiger partial charge < -0.3 is 15.7 Å². The van der Waals surface area contributed by atoms with Crippen LogP contribution >= 0.6 is 11.3 Å². The minimum absolute atomic E-state index is 0.0177. The van der Waals surface area contributed by atoms with Gasteiger partial charge in [-0.3, -0.25) is 9.69 Å². The van der Waals surface area contributed by atoms with E-state index in [1.165, 1.54) is 11.3 Å². The number of amides is 1. The number of hydrogen-bond acceptors (Lipinski definition) is 5. The number of aliphatic hydroxyl groups excluding tert-OH is 1. The Bertz CT molecular complexity index is 505. The number of nitrogens with zero attached hydrogens (tertiary/aromatic N) is 1. The van der Waals surface area contributed by atoms with Gasteiger partial charge in [0.1, 0.15) is 6.23 Å². The summed E-state index contributed by atoms with van der Waals surface area (Å²) in [6.07, 6.45) is 3.66.